The van der Waals surface area contributed by atoms with Crippen molar-refractivity contribution in [2.45, 2.75) is 26.7 Å². The van der Waals surface area contributed by atoms with Crippen LogP contribution in [0.1, 0.15) is 26.7 Å². The van der Waals surface area contributed by atoms with Crippen LogP contribution in [-0.4, -0.2) is 29.8 Å². The van der Waals surface area contributed by atoms with Crippen LogP contribution in [0.5, 0.6) is 0 Å². The quantitative estimate of drug-likeness (QED) is 0.523. The van der Waals surface area contributed by atoms with E-state index < -0.39 is 0 Å². The number of amides is 1. The molecule has 0 unspecified atom stereocenters. The van der Waals surface area contributed by atoms with Crippen LogP contribution >= 0.6 is 11.6 Å². The predicted molar refractivity (Wildman–Crippen MR) is 59.5 cm³/mol. The summed E-state index contributed by atoms with van der Waals surface area (Å²) in [6, 6.07) is 0. The van der Waals surface area contributed by atoms with E-state index >= 15 is 0 Å². The molecule has 1 fully saturated rings. The molecule has 1 saturated heterocycles. The van der Waals surface area contributed by atoms with E-state index in [1.54, 1.807) is 0 Å². The van der Waals surface area contributed by atoms with Crippen molar-refractivity contribution >= 4 is 17.5 Å². The molecule has 0 aliphatic carbocycles. The Morgan fingerprint density at radius 1 is 1.50 bits per heavy atom. The smallest absolute Gasteiger partial charge is 0.229 e. The van der Waals surface area contributed by atoms with Gasteiger partial charge in [-0.3, -0.25) is 4.79 Å². The summed E-state index contributed by atoms with van der Waals surface area (Å²) < 4.78 is 0. The third-order valence-electron chi connectivity index (χ3n) is 2.55. The lowest BCUT2D eigenvalue weighted by Gasteiger charge is -2.18. The van der Waals surface area contributed by atoms with Gasteiger partial charge in [-0.15, -0.1) is 11.6 Å². The molecular weight excluding hydrogens is 198 g/mol. The van der Waals surface area contributed by atoms with E-state index in [1.165, 1.54) is 0 Å². The number of rotatable bonds is 3. The average molecular weight is 216 g/mol. The van der Waals surface area contributed by atoms with Crippen LogP contribution in [0.15, 0.2) is 11.6 Å². The molecule has 1 heterocycles. The third kappa shape index (κ3) is 3.02. The number of carbonyl (C=O) groups excluding carboxylic acids is 1. The van der Waals surface area contributed by atoms with Gasteiger partial charge in [-0.25, -0.2) is 0 Å². The summed E-state index contributed by atoms with van der Waals surface area (Å²) >= 11 is 5.67. The molecule has 3 heteroatoms. The van der Waals surface area contributed by atoms with E-state index in [1.807, 2.05) is 24.8 Å². The lowest BCUT2D eigenvalue weighted by atomic mass is 10.1. The van der Waals surface area contributed by atoms with Crippen LogP contribution in [0.3, 0.4) is 0 Å². The summed E-state index contributed by atoms with van der Waals surface area (Å²) in [6.45, 7) is 5.76. The van der Waals surface area contributed by atoms with Crippen molar-refractivity contribution in [1.82, 2.24) is 4.90 Å². The molecule has 1 amide bonds. The summed E-state index contributed by atoms with van der Waals surface area (Å²) in [5.41, 5.74) is 1.08. The molecule has 1 rings (SSSR count). The molecule has 0 aromatic rings. The van der Waals surface area contributed by atoms with Gasteiger partial charge < -0.3 is 4.90 Å². The molecule has 80 valence electrons. The Hall–Kier alpha value is -0.500. The Balaban J connectivity index is 2.51. The molecule has 0 bridgehead atoms. The van der Waals surface area contributed by atoms with Gasteiger partial charge in [0.05, 0.1) is 5.92 Å². The van der Waals surface area contributed by atoms with E-state index in [-0.39, 0.29) is 11.8 Å². The predicted octanol–water partition coefficient (Wildman–Crippen LogP) is 2.43. The zero-order chi connectivity index (χ0) is 10.6. The summed E-state index contributed by atoms with van der Waals surface area (Å²) in [4.78, 5) is 13.8. The summed E-state index contributed by atoms with van der Waals surface area (Å²) in [6.07, 6.45) is 4.26. The molecule has 0 aromatic carbocycles. The molecule has 14 heavy (non-hydrogen) atoms. The maximum Gasteiger partial charge on any atom is 0.229 e. The lowest BCUT2D eigenvalue weighted by Crippen LogP contribution is -2.31. The Labute approximate surface area is 90.9 Å². The molecule has 1 aliphatic rings. The van der Waals surface area contributed by atoms with Crippen LogP contribution in [0.2, 0.25) is 0 Å². The minimum absolute atomic E-state index is 0.0214. The van der Waals surface area contributed by atoms with Gasteiger partial charge in [-0.2, -0.15) is 0 Å². The summed E-state index contributed by atoms with van der Waals surface area (Å²) in [7, 11) is 0. The number of hydrogen-bond acceptors (Lipinski definition) is 1. The zero-order valence-corrected chi connectivity index (χ0v) is 9.68. The van der Waals surface area contributed by atoms with Crippen molar-refractivity contribution in [2.75, 3.05) is 19.0 Å². The SMILES string of the molecule is C/C(=C\[C@@H](C)C(=O)N1CCCC1)CCl. The zero-order valence-electron chi connectivity index (χ0n) is 8.92. The fourth-order valence-electron chi connectivity index (χ4n) is 1.77. The highest BCUT2D eigenvalue weighted by atomic mass is 35.5. The first kappa shape index (κ1) is 11.6. The van der Waals surface area contributed by atoms with Crippen LogP contribution in [0.4, 0.5) is 0 Å². The van der Waals surface area contributed by atoms with E-state index in [9.17, 15) is 4.79 Å². The first-order valence-electron chi connectivity index (χ1n) is 5.17. The first-order chi connectivity index (χ1) is 6.65. The van der Waals surface area contributed by atoms with Gasteiger partial charge in [-0.1, -0.05) is 18.6 Å². The fraction of sp³-hybridized carbons (Fsp3) is 0.727. The number of alkyl halides is 1. The molecule has 0 saturated carbocycles. The average Bonchev–Trinajstić information content (AvgIpc) is 2.69. The number of nitrogens with zero attached hydrogens (tertiary/aromatic N) is 1. The van der Waals surface area contributed by atoms with Crippen LogP contribution in [0.25, 0.3) is 0 Å². The van der Waals surface area contributed by atoms with Crippen molar-refractivity contribution in [3.63, 3.8) is 0 Å². The minimum Gasteiger partial charge on any atom is -0.342 e. The molecular formula is C11H18ClNO. The molecule has 0 spiro atoms. The third-order valence-corrected chi connectivity index (χ3v) is 2.97. The summed E-state index contributed by atoms with van der Waals surface area (Å²) in [5.74, 6) is 0.733. The van der Waals surface area contributed by atoms with Gasteiger partial charge >= 0.3 is 0 Å². The molecule has 1 aliphatic heterocycles. The van der Waals surface area contributed by atoms with Crippen LogP contribution in [0, 0.1) is 5.92 Å². The largest absolute Gasteiger partial charge is 0.342 e. The molecule has 0 N–H and O–H groups in total. The summed E-state index contributed by atoms with van der Waals surface area (Å²) in [5, 5.41) is 0. The second-order valence-corrected chi connectivity index (χ2v) is 4.23. The van der Waals surface area contributed by atoms with Crippen molar-refractivity contribution in [3.05, 3.63) is 11.6 Å². The standard InChI is InChI=1S/C11H18ClNO/c1-9(8-12)7-10(2)11(14)13-5-3-4-6-13/h7,10H,3-6,8H2,1-2H3/b9-7+/t10-/m1/s1. The number of hydrogen-bond donors (Lipinski definition) is 0. The number of likely N-dealkylation sites (tertiary alicyclic amines) is 1. The van der Waals surface area contributed by atoms with Gasteiger partial charge in [0.15, 0.2) is 0 Å². The van der Waals surface area contributed by atoms with E-state index in [0.717, 1.165) is 31.5 Å². The second-order valence-electron chi connectivity index (χ2n) is 3.97. The number of carbonyl (C=O) groups is 1. The van der Waals surface area contributed by atoms with E-state index in [2.05, 4.69) is 0 Å². The van der Waals surface area contributed by atoms with E-state index in [4.69, 9.17) is 11.6 Å². The van der Waals surface area contributed by atoms with Gasteiger partial charge in [0.25, 0.3) is 0 Å². The Morgan fingerprint density at radius 3 is 2.57 bits per heavy atom. The van der Waals surface area contributed by atoms with Crippen LogP contribution in [-0.2, 0) is 4.79 Å². The molecule has 2 nitrogen and oxygen atoms in total. The van der Waals surface area contributed by atoms with Crippen molar-refractivity contribution in [2.24, 2.45) is 5.92 Å². The van der Waals surface area contributed by atoms with Crippen molar-refractivity contribution in [1.29, 1.82) is 0 Å². The Morgan fingerprint density at radius 2 is 2.07 bits per heavy atom. The topological polar surface area (TPSA) is 20.3 Å². The van der Waals surface area contributed by atoms with Gasteiger partial charge in [-0.05, 0) is 19.8 Å². The number of allylic oxidation sites excluding steroid dienone is 1. The Bertz CT molecular complexity index is 231. The monoisotopic (exact) mass is 215 g/mol. The Kier molecular flexibility index (Phi) is 4.46. The second kappa shape index (κ2) is 5.40. The fourth-order valence-corrected chi connectivity index (χ4v) is 1.86. The van der Waals surface area contributed by atoms with Gasteiger partial charge in [0.2, 0.25) is 5.91 Å². The molecule has 1 atom stereocenters. The van der Waals surface area contributed by atoms with E-state index in [0.29, 0.717) is 5.88 Å². The van der Waals surface area contributed by atoms with Crippen molar-refractivity contribution in [3.8, 4) is 0 Å². The number of halogens is 1. The van der Waals surface area contributed by atoms with Gasteiger partial charge in [0.1, 0.15) is 0 Å². The molecule has 0 radical (unpaired) electrons. The molecule has 0 aromatic heterocycles. The normalized spacial score (nSPS) is 19.9. The maximum absolute atomic E-state index is 11.8. The highest BCUT2D eigenvalue weighted by Crippen LogP contribution is 2.14. The van der Waals surface area contributed by atoms with Gasteiger partial charge in [0, 0.05) is 19.0 Å². The minimum atomic E-state index is -0.0214. The maximum atomic E-state index is 11.8. The van der Waals surface area contributed by atoms with Crippen molar-refractivity contribution < 1.29 is 4.79 Å². The van der Waals surface area contributed by atoms with Crippen LogP contribution < -0.4 is 0 Å². The lowest BCUT2D eigenvalue weighted by molar-refractivity contribution is -0.132. The highest BCUT2D eigenvalue weighted by Gasteiger charge is 2.21. The first-order valence-corrected chi connectivity index (χ1v) is 5.70. The highest BCUT2D eigenvalue weighted by molar-refractivity contribution is 6.19.